The standard InChI is InChI=1S/C14H19N5/c1-17(2)13-7-5-12(6-8-13)15-16-14-11-18(3)9-10-19(14)4/h5-11H,1-4H3/b16-15+. The lowest BCUT2D eigenvalue weighted by atomic mass is 10.3. The largest absolute Gasteiger partial charge is 0.378 e. The Kier molecular flexibility index (Phi) is 3.85. The number of anilines is 1. The molecule has 0 saturated heterocycles. The lowest BCUT2D eigenvalue weighted by Gasteiger charge is -2.21. The van der Waals surface area contributed by atoms with E-state index < -0.39 is 0 Å². The van der Waals surface area contributed by atoms with E-state index in [-0.39, 0.29) is 0 Å². The van der Waals surface area contributed by atoms with Gasteiger partial charge in [-0.15, -0.1) is 10.2 Å². The molecule has 0 radical (unpaired) electrons. The topological polar surface area (TPSA) is 34.4 Å². The van der Waals surface area contributed by atoms with E-state index in [4.69, 9.17) is 0 Å². The van der Waals surface area contributed by atoms with Gasteiger partial charge in [0.1, 0.15) is 0 Å². The molecule has 2 rings (SSSR count). The Labute approximate surface area is 114 Å². The summed E-state index contributed by atoms with van der Waals surface area (Å²) in [5.41, 5.74) is 1.99. The highest BCUT2D eigenvalue weighted by Crippen LogP contribution is 2.20. The number of rotatable bonds is 3. The van der Waals surface area contributed by atoms with E-state index in [1.54, 1.807) is 0 Å². The van der Waals surface area contributed by atoms with Crippen LogP contribution in [-0.4, -0.2) is 38.0 Å². The van der Waals surface area contributed by atoms with Gasteiger partial charge in [0.05, 0.1) is 5.69 Å². The molecule has 0 amide bonds. The van der Waals surface area contributed by atoms with Gasteiger partial charge >= 0.3 is 0 Å². The maximum atomic E-state index is 4.26. The van der Waals surface area contributed by atoms with Crippen molar-refractivity contribution in [2.75, 3.05) is 33.1 Å². The van der Waals surface area contributed by atoms with Crippen molar-refractivity contribution in [3.8, 4) is 0 Å². The third kappa shape index (κ3) is 3.34. The minimum atomic E-state index is 0.807. The zero-order chi connectivity index (χ0) is 13.8. The Morgan fingerprint density at radius 2 is 1.63 bits per heavy atom. The Morgan fingerprint density at radius 3 is 2.26 bits per heavy atom. The monoisotopic (exact) mass is 257 g/mol. The molecular formula is C14H19N5. The third-order valence-electron chi connectivity index (χ3n) is 2.84. The number of nitrogens with zero attached hydrogens (tertiary/aromatic N) is 5. The first-order valence-corrected chi connectivity index (χ1v) is 6.10. The van der Waals surface area contributed by atoms with Crippen molar-refractivity contribution in [3.05, 3.63) is 48.7 Å². The summed E-state index contributed by atoms with van der Waals surface area (Å²) in [5, 5.41) is 8.52. The first kappa shape index (κ1) is 13.1. The average molecular weight is 257 g/mol. The SMILES string of the molecule is CN1C=CN(C)C(/N=N/c2ccc(N(C)C)cc2)=C1. The van der Waals surface area contributed by atoms with Crippen molar-refractivity contribution in [2.45, 2.75) is 0 Å². The maximum Gasteiger partial charge on any atom is 0.171 e. The molecule has 5 heteroatoms. The molecule has 1 aromatic carbocycles. The zero-order valence-electron chi connectivity index (χ0n) is 11.8. The predicted molar refractivity (Wildman–Crippen MR) is 78.0 cm³/mol. The summed E-state index contributed by atoms with van der Waals surface area (Å²) < 4.78 is 0. The van der Waals surface area contributed by atoms with Crippen LogP contribution in [0.4, 0.5) is 11.4 Å². The molecule has 0 aromatic heterocycles. The molecule has 0 spiro atoms. The second kappa shape index (κ2) is 5.56. The van der Waals surface area contributed by atoms with Crippen LogP contribution >= 0.6 is 0 Å². The normalized spacial score (nSPS) is 15.1. The van der Waals surface area contributed by atoms with E-state index in [1.807, 2.05) is 80.9 Å². The first-order valence-electron chi connectivity index (χ1n) is 6.10. The number of hydrogen-bond acceptors (Lipinski definition) is 5. The van der Waals surface area contributed by atoms with Gasteiger partial charge in [-0.1, -0.05) is 0 Å². The molecule has 5 nitrogen and oxygen atoms in total. The lowest BCUT2D eigenvalue weighted by molar-refractivity contribution is 0.471. The van der Waals surface area contributed by atoms with Crippen LogP contribution in [0.1, 0.15) is 0 Å². The summed E-state index contributed by atoms with van der Waals surface area (Å²) in [5.74, 6) is 0.807. The molecule has 0 N–H and O–H groups in total. The minimum Gasteiger partial charge on any atom is -0.378 e. The number of benzene rings is 1. The highest BCUT2D eigenvalue weighted by Gasteiger charge is 2.06. The molecule has 0 saturated carbocycles. The summed E-state index contributed by atoms with van der Waals surface area (Å²) >= 11 is 0. The van der Waals surface area contributed by atoms with Gasteiger partial charge in [-0.05, 0) is 24.3 Å². The number of azo groups is 1. The molecular weight excluding hydrogens is 238 g/mol. The first-order chi connectivity index (χ1) is 9.06. The third-order valence-corrected chi connectivity index (χ3v) is 2.84. The molecule has 100 valence electrons. The van der Waals surface area contributed by atoms with Crippen LogP contribution in [0.5, 0.6) is 0 Å². The van der Waals surface area contributed by atoms with Gasteiger partial charge in [-0.3, -0.25) is 0 Å². The van der Waals surface area contributed by atoms with Crippen molar-refractivity contribution >= 4 is 11.4 Å². The molecule has 19 heavy (non-hydrogen) atoms. The lowest BCUT2D eigenvalue weighted by Crippen LogP contribution is -2.18. The summed E-state index contributed by atoms with van der Waals surface area (Å²) in [6.45, 7) is 0. The van der Waals surface area contributed by atoms with Crippen LogP contribution in [0.15, 0.2) is 58.9 Å². The minimum absolute atomic E-state index is 0.807. The van der Waals surface area contributed by atoms with Gasteiger partial charge in [-0.2, -0.15) is 0 Å². The van der Waals surface area contributed by atoms with Gasteiger partial charge in [0.15, 0.2) is 5.82 Å². The molecule has 0 unspecified atom stereocenters. The predicted octanol–water partition coefficient (Wildman–Crippen LogP) is 2.98. The molecule has 0 aliphatic carbocycles. The summed E-state index contributed by atoms with van der Waals surface area (Å²) in [6, 6.07) is 7.97. The Balaban J connectivity index is 2.10. The van der Waals surface area contributed by atoms with Crippen molar-refractivity contribution in [3.63, 3.8) is 0 Å². The van der Waals surface area contributed by atoms with Gasteiger partial charge in [0.25, 0.3) is 0 Å². The van der Waals surface area contributed by atoms with Crippen molar-refractivity contribution < 1.29 is 0 Å². The molecule has 0 bridgehead atoms. The highest BCUT2D eigenvalue weighted by molar-refractivity contribution is 5.51. The summed E-state index contributed by atoms with van der Waals surface area (Å²) in [4.78, 5) is 5.93. The fraction of sp³-hybridized carbons (Fsp3) is 0.286. The maximum absolute atomic E-state index is 4.26. The van der Waals surface area contributed by atoms with E-state index in [2.05, 4.69) is 15.1 Å². The van der Waals surface area contributed by atoms with Crippen molar-refractivity contribution in [2.24, 2.45) is 10.2 Å². The van der Waals surface area contributed by atoms with Crippen LogP contribution in [0, 0.1) is 0 Å². The second-order valence-electron chi connectivity index (χ2n) is 4.67. The molecule has 1 aliphatic heterocycles. The van der Waals surface area contributed by atoms with Gasteiger partial charge in [-0.25, -0.2) is 0 Å². The van der Waals surface area contributed by atoms with Crippen LogP contribution in [0.2, 0.25) is 0 Å². The molecule has 1 aliphatic rings. The van der Waals surface area contributed by atoms with Crippen LogP contribution < -0.4 is 4.90 Å². The van der Waals surface area contributed by atoms with Gasteiger partial charge in [0.2, 0.25) is 0 Å². The Morgan fingerprint density at radius 1 is 0.947 bits per heavy atom. The van der Waals surface area contributed by atoms with Crippen LogP contribution in [-0.2, 0) is 0 Å². The highest BCUT2D eigenvalue weighted by atomic mass is 15.3. The van der Waals surface area contributed by atoms with E-state index in [9.17, 15) is 0 Å². The molecule has 0 fully saturated rings. The zero-order valence-corrected chi connectivity index (χ0v) is 11.8. The second-order valence-corrected chi connectivity index (χ2v) is 4.67. The van der Waals surface area contributed by atoms with E-state index in [0.717, 1.165) is 17.2 Å². The quantitative estimate of drug-likeness (QED) is 0.781. The van der Waals surface area contributed by atoms with Crippen molar-refractivity contribution in [1.29, 1.82) is 0 Å². The fourth-order valence-electron chi connectivity index (χ4n) is 1.62. The average Bonchev–Trinajstić information content (AvgIpc) is 2.40. The molecule has 0 atom stereocenters. The number of hydrogen-bond donors (Lipinski definition) is 0. The smallest absolute Gasteiger partial charge is 0.171 e. The fourth-order valence-corrected chi connectivity index (χ4v) is 1.62. The molecule has 1 aromatic rings. The van der Waals surface area contributed by atoms with Crippen LogP contribution in [0.3, 0.4) is 0 Å². The van der Waals surface area contributed by atoms with Gasteiger partial charge in [0, 0.05) is 52.5 Å². The Hall–Kier alpha value is -2.30. The molecule has 1 heterocycles. The van der Waals surface area contributed by atoms with E-state index >= 15 is 0 Å². The Bertz CT molecular complexity index is 513. The summed E-state index contributed by atoms with van der Waals surface area (Å²) in [6.07, 6.45) is 5.84. The summed E-state index contributed by atoms with van der Waals surface area (Å²) in [7, 11) is 7.94. The van der Waals surface area contributed by atoms with E-state index in [0.29, 0.717) is 0 Å². The van der Waals surface area contributed by atoms with Crippen molar-refractivity contribution in [1.82, 2.24) is 9.80 Å². The van der Waals surface area contributed by atoms with Crippen LogP contribution in [0.25, 0.3) is 0 Å². The van der Waals surface area contributed by atoms with Gasteiger partial charge < -0.3 is 14.7 Å². The van der Waals surface area contributed by atoms with E-state index in [1.165, 1.54) is 0 Å².